The van der Waals surface area contributed by atoms with Crippen molar-refractivity contribution in [1.82, 2.24) is 4.98 Å². The van der Waals surface area contributed by atoms with Gasteiger partial charge in [-0.2, -0.15) is 22.0 Å². The number of aromatic nitrogens is 1. The lowest BCUT2D eigenvalue weighted by molar-refractivity contribution is -0.291. The van der Waals surface area contributed by atoms with Gasteiger partial charge >= 0.3 is 12.1 Å². The number of hydrogen-bond acceptors (Lipinski definition) is 2. The van der Waals surface area contributed by atoms with Crippen LogP contribution < -0.4 is 5.73 Å². The Hall–Kier alpha value is -1.24. The maximum absolute atomic E-state index is 12.7. The van der Waals surface area contributed by atoms with Gasteiger partial charge in [0, 0.05) is 12.4 Å². The lowest BCUT2D eigenvalue weighted by Gasteiger charge is -2.25. The highest BCUT2D eigenvalue weighted by Crippen LogP contribution is 2.42. The summed E-state index contributed by atoms with van der Waals surface area (Å²) in [5.41, 5.74) is 4.55. The summed E-state index contributed by atoms with van der Waals surface area (Å²) >= 11 is 0. The third-order valence-corrected chi connectivity index (χ3v) is 1.83. The van der Waals surface area contributed by atoms with Crippen molar-refractivity contribution in [1.29, 1.82) is 0 Å². The minimum atomic E-state index is -5.66. The summed E-state index contributed by atoms with van der Waals surface area (Å²) in [6.45, 7) is 0. The Morgan fingerprint density at radius 3 is 1.93 bits per heavy atom. The number of nitrogens with two attached hydrogens (primary N) is 1. The van der Waals surface area contributed by atoms with Crippen LogP contribution in [0.15, 0.2) is 24.5 Å². The van der Waals surface area contributed by atoms with E-state index in [4.69, 9.17) is 5.73 Å². The second-order valence-electron chi connectivity index (χ2n) is 2.88. The summed E-state index contributed by atoms with van der Waals surface area (Å²) < 4.78 is 61.3. The summed E-state index contributed by atoms with van der Waals surface area (Å²) in [5, 5.41) is 0. The van der Waals surface area contributed by atoms with E-state index in [9.17, 15) is 22.0 Å². The monoisotopic (exact) mass is 226 g/mol. The predicted octanol–water partition coefficient (Wildman–Crippen LogP) is 2.28. The maximum Gasteiger partial charge on any atom is 0.455 e. The molecule has 1 atom stereocenters. The number of pyridine rings is 1. The Bertz CT molecular complexity index is 322. The number of halogens is 5. The fourth-order valence-electron chi connectivity index (χ4n) is 0.956. The van der Waals surface area contributed by atoms with Gasteiger partial charge in [-0.05, 0) is 17.7 Å². The van der Waals surface area contributed by atoms with Crippen molar-refractivity contribution >= 4 is 0 Å². The largest absolute Gasteiger partial charge is 0.455 e. The average molecular weight is 226 g/mol. The van der Waals surface area contributed by atoms with Crippen LogP contribution in [0.4, 0.5) is 22.0 Å². The Balaban J connectivity index is 3.00. The quantitative estimate of drug-likeness (QED) is 0.785. The fourth-order valence-corrected chi connectivity index (χ4v) is 0.956. The first-order valence-electron chi connectivity index (χ1n) is 3.87. The number of nitrogens with zero attached hydrogens (tertiary/aromatic N) is 1. The van der Waals surface area contributed by atoms with Crippen LogP contribution in [0.5, 0.6) is 0 Å². The molecule has 0 aromatic carbocycles. The van der Waals surface area contributed by atoms with Crippen LogP contribution in [0.25, 0.3) is 0 Å². The van der Waals surface area contributed by atoms with Crippen LogP contribution in [0, 0.1) is 0 Å². The van der Waals surface area contributed by atoms with Gasteiger partial charge in [0.25, 0.3) is 0 Å². The van der Waals surface area contributed by atoms with E-state index in [2.05, 4.69) is 4.98 Å². The summed E-state index contributed by atoms with van der Waals surface area (Å²) in [5.74, 6) is -4.95. The third kappa shape index (κ3) is 2.23. The lowest BCUT2D eigenvalue weighted by atomic mass is 10.0. The van der Waals surface area contributed by atoms with Gasteiger partial charge in [0.1, 0.15) is 6.04 Å². The summed E-state index contributed by atoms with van der Waals surface area (Å²) in [6, 6.07) is -0.380. The molecule has 0 amide bonds. The van der Waals surface area contributed by atoms with E-state index < -0.39 is 18.1 Å². The van der Waals surface area contributed by atoms with E-state index in [1.807, 2.05) is 0 Å². The normalized spacial score (nSPS) is 15.1. The first-order valence-corrected chi connectivity index (χ1v) is 3.87. The molecule has 0 aliphatic carbocycles. The second kappa shape index (κ2) is 3.73. The first kappa shape index (κ1) is 11.8. The molecule has 1 aromatic rings. The average Bonchev–Trinajstić information content (AvgIpc) is 2.16. The van der Waals surface area contributed by atoms with E-state index in [0.29, 0.717) is 0 Å². The fraction of sp³-hybridized carbons (Fsp3) is 0.375. The number of hydrogen-bond donors (Lipinski definition) is 1. The molecule has 0 spiro atoms. The van der Waals surface area contributed by atoms with Gasteiger partial charge in [-0.1, -0.05) is 0 Å². The first-order chi connectivity index (χ1) is 6.77. The van der Waals surface area contributed by atoms with Gasteiger partial charge in [0.05, 0.1) is 0 Å². The van der Waals surface area contributed by atoms with E-state index >= 15 is 0 Å². The number of rotatable bonds is 2. The van der Waals surface area contributed by atoms with E-state index in [1.165, 1.54) is 0 Å². The molecule has 2 nitrogen and oxygen atoms in total. The highest BCUT2D eigenvalue weighted by atomic mass is 19.4. The molecular formula is C8H7F5N2. The zero-order chi connectivity index (χ0) is 11.7. The van der Waals surface area contributed by atoms with Crippen LogP contribution in [0.2, 0.25) is 0 Å². The molecule has 2 N–H and O–H groups in total. The molecule has 0 fully saturated rings. The molecule has 1 rings (SSSR count). The van der Waals surface area contributed by atoms with Gasteiger partial charge in [-0.25, -0.2) is 0 Å². The van der Waals surface area contributed by atoms with Crippen molar-refractivity contribution in [2.24, 2.45) is 5.73 Å². The summed E-state index contributed by atoms with van der Waals surface area (Å²) in [7, 11) is 0. The van der Waals surface area contributed by atoms with E-state index in [-0.39, 0.29) is 5.56 Å². The Kier molecular flexibility index (Phi) is 2.94. The summed E-state index contributed by atoms with van der Waals surface area (Å²) in [6.07, 6.45) is -3.46. The van der Waals surface area contributed by atoms with Crippen LogP contribution in [0.3, 0.4) is 0 Å². The maximum atomic E-state index is 12.7. The molecule has 0 aliphatic heterocycles. The highest BCUT2D eigenvalue weighted by Gasteiger charge is 2.61. The zero-order valence-corrected chi connectivity index (χ0v) is 7.30. The second-order valence-corrected chi connectivity index (χ2v) is 2.88. The van der Waals surface area contributed by atoms with Crippen LogP contribution in [0.1, 0.15) is 11.6 Å². The van der Waals surface area contributed by atoms with E-state index in [0.717, 1.165) is 24.5 Å². The molecule has 0 bridgehead atoms. The molecule has 0 aliphatic rings. The molecule has 1 aromatic heterocycles. The minimum Gasteiger partial charge on any atom is -0.319 e. The lowest BCUT2D eigenvalue weighted by Crippen LogP contribution is -2.45. The molecule has 1 heterocycles. The third-order valence-electron chi connectivity index (χ3n) is 1.83. The van der Waals surface area contributed by atoms with Gasteiger partial charge < -0.3 is 5.73 Å². The Morgan fingerprint density at radius 2 is 1.53 bits per heavy atom. The highest BCUT2D eigenvalue weighted by molar-refractivity contribution is 5.18. The molecule has 84 valence electrons. The van der Waals surface area contributed by atoms with Crippen LogP contribution in [-0.2, 0) is 0 Å². The van der Waals surface area contributed by atoms with Crippen molar-refractivity contribution in [2.45, 2.75) is 18.1 Å². The molecule has 7 heteroatoms. The molecule has 0 unspecified atom stereocenters. The SMILES string of the molecule is N[C@@H](c1ccncc1)C(F)(F)C(F)(F)F. The predicted molar refractivity (Wildman–Crippen MR) is 42.2 cm³/mol. The minimum absolute atomic E-state index is 0.313. The summed E-state index contributed by atoms with van der Waals surface area (Å²) in [4.78, 5) is 3.49. The Labute approximate surface area is 81.9 Å². The van der Waals surface area contributed by atoms with Gasteiger partial charge in [0.2, 0.25) is 0 Å². The zero-order valence-electron chi connectivity index (χ0n) is 7.30. The topological polar surface area (TPSA) is 38.9 Å². The molecule has 0 radical (unpaired) electrons. The van der Waals surface area contributed by atoms with Crippen molar-refractivity contribution in [3.63, 3.8) is 0 Å². The van der Waals surface area contributed by atoms with Crippen molar-refractivity contribution in [3.8, 4) is 0 Å². The van der Waals surface area contributed by atoms with Gasteiger partial charge in [0.15, 0.2) is 0 Å². The van der Waals surface area contributed by atoms with Crippen molar-refractivity contribution in [3.05, 3.63) is 30.1 Å². The van der Waals surface area contributed by atoms with Gasteiger partial charge in [-0.15, -0.1) is 0 Å². The standard InChI is InChI=1S/C8H7F5N2/c9-7(10,8(11,12)13)6(14)5-1-3-15-4-2-5/h1-4,6H,14H2/t6-/m0/s1. The van der Waals surface area contributed by atoms with Crippen molar-refractivity contribution < 1.29 is 22.0 Å². The smallest absolute Gasteiger partial charge is 0.319 e. The van der Waals surface area contributed by atoms with Crippen molar-refractivity contribution in [2.75, 3.05) is 0 Å². The molecule has 15 heavy (non-hydrogen) atoms. The Morgan fingerprint density at radius 1 is 1.07 bits per heavy atom. The van der Waals surface area contributed by atoms with Gasteiger partial charge in [-0.3, -0.25) is 4.98 Å². The van der Waals surface area contributed by atoms with E-state index in [1.54, 1.807) is 0 Å². The number of alkyl halides is 5. The molecule has 0 saturated carbocycles. The molecular weight excluding hydrogens is 219 g/mol. The molecule has 0 saturated heterocycles. The van der Waals surface area contributed by atoms with Crippen LogP contribution >= 0.6 is 0 Å². The van der Waals surface area contributed by atoms with Crippen LogP contribution in [-0.4, -0.2) is 17.1 Å².